The first-order chi connectivity index (χ1) is 10.2. The van der Waals surface area contributed by atoms with E-state index in [1.165, 1.54) is 0 Å². The fraction of sp³-hybridized carbons (Fsp3) is 0. The molecule has 0 saturated carbocycles. The van der Waals surface area contributed by atoms with Crippen molar-refractivity contribution in [3.63, 3.8) is 0 Å². The Morgan fingerprint density at radius 3 is 2.38 bits per heavy atom. The van der Waals surface area contributed by atoms with Crippen LogP contribution in [-0.2, 0) is 0 Å². The number of aromatic nitrogens is 2. The van der Waals surface area contributed by atoms with Gasteiger partial charge in [0.1, 0.15) is 11.5 Å². The lowest BCUT2D eigenvalue weighted by Gasteiger charge is -1.99. The second-order valence-corrected chi connectivity index (χ2v) is 5.31. The lowest BCUT2D eigenvalue weighted by molar-refractivity contribution is 0.0692. The van der Waals surface area contributed by atoms with Crippen molar-refractivity contribution >= 4 is 21.9 Å². The van der Waals surface area contributed by atoms with E-state index in [0.717, 1.165) is 15.6 Å². The summed E-state index contributed by atoms with van der Waals surface area (Å²) in [5.41, 5.74) is 2.12. The second-order valence-electron chi connectivity index (χ2n) is 4.46. The van der Waals surface area contributed by atoms with Gasteiger partial charge in [0.25, 0.3) is 0 Å². The van der Waals surface area contributed by atoms with Crippen molar-refractivity contribution in [2.75, 3.05) is 0 Å². The van der Waals surface area contributed by atoms with Gasteiger partial charge in [-0.3, -0.25) is 0 Å². The van der Waals surface area contributed by atoms with Crippen LogP contribution in [0.25, 0.3) is 22.6 Å². The minimum absolute atomic E-state index is 0.0898. The van der Waals surface area contributed by atoms with Crippen LogP contribution >= 0.6 is 15.9 Å². The third-order valence-corrected chi connectivity index (χ3v) is 3.79. The van der Waals surface area contributed by atoms with E-state index >= 15 is 0 Å². The molecular formula is C16H11BrN2O2. The van der Waals surface area contributed by atoms with Crippen LogP contribution in [0.4, 0.5) is 0 Å². The molecule has 1 aromatic heterocycles. The number of nitrogens with zero attached hydrogens (tertiary/aromatic N) is 1. The Morgan fingerprint density at radius 2 is 1.71 bits per heavy atom. The van der Waals surface area contributed by atoms with E-state index in [-0.39, 0.29) is 5.69 Å². The molecule has 1 heterocycles. The number of rotatable bonds is 3. The number of carboxylic acid groups (broad SMARTS) is 1. The van der Waals surface area contributed by atoms with E-state index in [1.807, 2.05) is 54.6 Å². The summed E-state index contributed by atoms with van der Waals surface area (Å²) in [7, 11) is 0. The number of H-pyrrole nitrogens is 1. The standard InChI is InChI=1S/C16H11BrN2O2/c17-12-9-5-4-8-11(12)15-18-13(14(19-15)16(20)21)10-6-2-1-3-7-10/h1-9H,(H,18,19)(H,20,21). The van der Waals surface area contributed by atoms with Gasteiger partial charge in [-0.15, -0.1) is 0 Å². The van der Waals surface area contributed by atoms with E-state index in [4.69, 9.17) is 0 Å². The van der Waals surface area contributed by atoms with Gasteiger partial charge in [-0.25, -0.2) is 9.78 Å². The molecule has 5 heteroatoms. The van der Waals surface area contributed by atoms with Gasteiger partial charge in [0.2, 0.25) is 0 Å². The molecule has 3 rings (SSSR count). The highest BCUT2D eigenvalue weighted by atomic mass is 79.9. The van der Waals surface area contributed by atoms with Crippen LogP contribution in [0.1, 0.15) is 10.5 Å². The monoisotopic (exact) mass is 342 g/mol. The van der Waals surface area contributed by atoms with Gasteiger partial charge in [0, 0.05) is 15.6 Å². The number of hydrogen-bond donors (Lipinski definition) is 2. The number of aromatic amines is 1. The van der Waals surface area contributed by atoms with Crippen molar-refractivity contribution in [2.24, 2.45) is 0 Å². The molecule has 0 aliphatic rings. The highest BCUT2D eigenvalue weighted by Gasteiger charge is 2.19. The zero-order valence-corrected chi connectivity index (χ0v) is 12.5. The summed E-state index contributed by atoms with van der Waals surface area (Å²) >= 11 is 3.45. The van der Waals surface area contributed by atoms with Gasteiger partial charge in [0.05, 0.1) is 0 Å². The molecule has 0 aliphatic heterocycles. The summed E-state index contributed by atoms with van der Waals surface area (Å²) in [5, 5.41) is 9.37. The molecule has 0 atom stereocenters. The number of carbonyl (C=O) groups is 1. The molecule has 4 nitrogen and oxygen atoms in total. The van der Waals surface area contributed by atoms with Crippen LogP contribution in [0.2, 0.25) is 0 Å². The molecule has 2 aromatic carbocycles. The molecule has 0 unspecified atom stereocenters. The average molecular weight is 343 g/mol. The quantitative estimate of drug-likeness (QED) is 0.749. The molecule has 0 amide bonds. The summed E-state index contributed by atoms with van der Waals surface area (Å²) in [6.07, 6.45) is 0. The fourth-order valence-corrected chi connectivity index (χ4v) is 2.59. The Bertz CT molecular complexity index is 797. The summed E-state index contributed by atoms with van der Waals surface area (Å²) in [4.78, 5) is 18.8. The van der Waals surface area contributed by atoms with Gasteiger partial charge in [-0.2, -0.15) is 0 Å². The Balaban J connectivity index is 2.18. The molecule has 0 fully saturated rings. The first-order valence-electron chi connectivity index (χ1n) is 6.30. The van der Waals surface area contributed by atoms with Crippen molar-refractivity contribution < 1.29 is 9.90 Å². The maximum absolute atomic E-state index is 11.4. The summed E-state index contributed by atoms with van der Waals surface area (Å²) in [5.74, 6) is -0.501. The van der Waals surface area contributed by atoms with Gasteiger partial charge in [0.15, 0.2) is 5.69 Å². The maximum Gasteiger partial charge on any atom is 0.354 e. The van der Waals surface area contributed by atoms with Crippen molar-refractivity contribution in [2.45, 2.75) is 0 Å². The minimum Gasteiger partial charge on any atom is -0.477 e. The first kappa shape index (κ1) is 13.6. The van der Waals surface area contributed by atoms with Crippen LogP contribution in [0.3, 0.4) is 0 Å². The van der Waals surface area contributed by atoms with E-state index in [9.17, 15) is 9.90 Å². The van der Waals surface area contributed by atoms with Crippen LogP contribution in [0, 0.1) is 0 Å². The molecule has 104 valence electrons. The molecule has 0 radical (unpaired) electrons. The van der Waals surface area contributed by atoms with Gasteiger partial charge in [-0.1, -0.05) is 64.5 Å². The Hall–Kier alpha value is -2.40. The van der Waals surface area contributed by atoms with E-state index < -0.39 is 5.97 Å². The largest absolute Gasteiger partial charge is 0.477 e. The van der Waals surface area contributed by atoms with Crippen LogP contribution in [0.5, 0.6) is 0 Å². The minimum atomic E-state index is -1.03. The van der Waals surface area contributed by atoms with E-state index in [1.54, 1.807) is 0 Å². The molecule has 0 bridgehead atoms. The Labute approximate surface area is 129 Å². The van der Waals surface area contributed by atoms with Crippen LogP contribution < -0.4 is 0 Å². The average Bonchev–Trinajstić information content (AvgIpc) is 2.94. The third-order valence-electron chi connectivity index (χ3n) is 3.09. The fourth-order valence-electron chi connectivity index (χ4n) is 2.11. The number of imidazole rings is 1. The second kappa shape index (κ2) is 5.54. The van der Waals surface area contributed by atoms with Crippen molar-refractivity contribution in [1.29, 1.82) is 0 Å². The number of benzene rings is 2. The highest BCUT2D eigenvalue weighted by Crippen LogP contribution is 2.30. The molecule has 0 spiro atoms. The summed E-state index contributed by atoms with van der Waals surface area (Å²) in [6, 6.07) is 16.8. The van der Waals surface area contributed by atoms with Gasteiger partial charge < -0.3 is 10.1 Å². The Morgan fingerprint density at radius 1 is 1.05 bits per heavy atom. The van der Waals surface area contributed by atoms with Gasteiger partial charge >= 0.3 is 5.97 Å². The predicted molar refractivity (Wildman–Crippen MR) is 84.1 cm³/mol. The number of carboxylic acids is 1. The molecule has 3 aromatic rings. The van der Waals surface area contributed by atoms with Crippen LogP contribution in [0.15, 0.2) is 59.1 Å². The number of halogens is 1. The van der Waals surface area contributed by atoms with Crippen molar-refractivity contribution in [3.05, 3.63) is 64.8 Å². The maximum atomic E-state index is 11.4. The predicted octanol–water partition coefficient (Wildman–Crippen LogP) is 4.20. The van der Waals surface area contributed by atoms with Crippen LogP contribution in [-0.4, -0.2) is 21.0 Å². The molecular weight excluding hydrogens is 332 g/mol. The van der Waals surface area contributed by atoms with Gasteiger partial charge in [-0.05, 0) is 6.07 Å². The topological polar surface area (TPSA) is 66.0 Å². The Kier molecular flexibility index (Phi) is 3.58. The molecule has 0 saturated heterocycles. The third kappa shape index (κ3) is 2.60. The first-order valence-corrected chi connectivity index (χ1v) is 7.09. The number of aromatic carboxylic acids is 1. The lowest BCUT2D eigenvalue weighted by Crippen LogP contribution is -1.99. The van der Waals surface area contributed by atoms with Crippen molar-refractivity contribution in [1.82, 2.24) is 9.97 Å². The number of nitrogens with one attached hydrogen (secondary N) is 1. The SMILES string of the molecule is O=C(O)c1[nH]c(-c2ccccc2Br)nc1-c1ccccc1. The molecule has 2 N–H and O–H groups in total. The highest BCUT2D eigenvalue weighted by molar-refractivity contribution is 9.10. The molecule has 0 aliphatic carbocycles. The zero-order valence-electron chi connectivity index (χ0n) is 10.9. The molecule has 21 heavy (non-hydrogen) atoms. The summed E-state index contributed by atoms with van der Waals surface area (Å²) < 4.78 is 0.857. The number of hydrogen-bond acceptors (Lipinski definition) is 2. The lowest BCUT2D eigenvalue weighted by atomic mass is 10.1. The summed E-state index contributed by atoms with van der Waals surface area (Å²) in [6.45, 7) is 0. The smallest absolute Gasteiger partial charge is 0.354 e. The normalized spacial score (nSPS) is 10.5. The zero-order chi connectivity index (χ0) is 14.8. The van der Waals surface area contributed by atoms with E-state index in [0.29, 0.717) is 11.5 Å². The van der Waals surface area contributed by atoms with E-state index in [2.05, 4.69) is 25.9 Å². The van der Waals surface area contributed by atoms with Crippen molar-refractivity contribution in [3.8, 4) is 22.6 Å².